The van der Waals surface area contributed by atoms with Crippen LogP contribution in [0.5, 0.6) is 11.5 Å². The predicted molar refractivity (Wildman–Crippen MR) is 157 cm³/mol. The Kier molecular flexibility index (Phi) is 15.3. The molecule has 0 spiro atoms. The SMILES string of the molecule is COCCCOc1cc(C[C@@H](C[C@H](N)[C@@H](O)C[C@H](C(=O)N[C@H]2COC[C@@H](OC)C2)C(C)C)C(C)C)ccc1OC. The van der Waals surface area contributed by atoms with Gasteiger partial charge in [0.05, 0.1) is 45.2 Å². The van der Waals surface area contributed by atoms with Gasteiger partial charge in [-0.3, -0.25) is 4.79 Å². The lowest BCUT2D eigenvalue weighted by Crippen LogP contribution is -2.49. The van der Waals surface area contributed by atoms with Crippen molar-refractivity contribution >= 4 is 5.91 Å². The lowest BCUT2D eigenvalue weighted by Gasteiger charge is -2.32. The number of methoxy groups -OCH3 is 3. The van der Waals surface area contributed by atoms with Gasteiger partial charge in [0.2, 0.25) is 5.91 Å². The largest absolute Gasteiger partial charge is 0.493 e. The zero-order chi connectivity index (χ0) is 29.7. The lowest BCUT2D eigenvalue weighted by atomic mass is 9.80. The third-order valence-corrected chi connectivity index (χ3v) is 7.98. The summed E-state index contributed by atoms with van der Waals surface area (Å²) in [5.74, 6) is 1.67. The van der Waals surface area contributed by atoms with Crippen molar-refractivity contribution < 1.29 is 33.6 Å². The van der Waals surface area contributed by atoms with E-state index in [0.29, 0.717) is 56.7 Å². The third kappa shape index (κ3) is 11.2. The monoisotopic (exact) mass is 566 g/mol. The number of hydrogen-bond acceptors (Lipinski definition) is 8. The molecule has 40 heavy (non-hydrogen) atoms. The van der Waals surface area contributed by atoms with Crippen molar-refractivity contribution in [2.24, 2.45) is 29.4 Å². The van der Waals surface area contributed by atoms with Gasteiger partial charge >= 0.3 is 0 Å². The van der Waals surface area contributed by atoms with Crippen LogP contribution in [0.1, 0.15) is 58.9 Å². The van der Waals surface area contributed by atoms with Gasteiger partial charge in [-0.05, 0) is 61.1 Å². The molecule has 230 valence electrons. The molecular weight excluding hydrogens is 512 g/mol. The van der Waals surface area contributed by atoms with E-state index in [-0.39, 0.29) is 35.8 Å². The highest BCUT2D eigenvalue weighted by Crippen LogP contribution is 2.32. The van der Waals surface area contributed by atoms with E-state index in [0.717, 1.165) is 24.8 Å². The summed E-state index contributed by atoms with van der Waals surface area (Å²) in [7, 11) is 4.97. The maximum Gasteiger partial charge on any atom is 0.223 e. The average Bonchev–Trinajstić information content (AvgIpc) is 2.93. The normalized spacial score (nSPS) is 20.7. The summed E-state index contributed by atoms with van der Waals surface area (Å²) in [4.78, 5) is 13.2. The van der Waals surface area contributed by atoms with Gasteiger partial charge in [-0.2, -0.15) is 0 Å². The van der Waals surface area contributed by atoms with Crippen LogP contribution in [0.3, 0.4) is 0 Å². The van der Waals surface area contributed by atoms with Gasteiger partial charge in [0.1, 0.15) is 0 Å². The number of amides is 1. The molecule has 1 aliphatic rings. The van der Waals surface area contributed by atoms with Crippen LogP contribution in [0.2, 0.25) is 0 Å². The van der Waals surface area contributed by atoms with Gasteiger partial charge in [-0.25, -0.2) is 0 Å². The van der Waals surface area contributed by atoms with Crippen molar-refractivity contribution in [3.63, 3.8) is 0 Å². The first-order valence-electron chi connectivity index (χ1n) is 14.7. The number of hydrogen-bond donors (Lipinski definition) is 3. The Hall–Kier alpha value is -1.91. The number of carbonyl (C=O) groups is 1. The standard InChI is InChI=1S/C31H54N2O7/c1-20(2)23(13-22-9-10-29(38-7)30(14-22)40-12-8-11-36-5)15-27(32)28(34)17-26(21(3)4)31(35)33-24-16-25(37-6)19-39-18-24/h9-10,14,20-21,23-28,34H,8,11-13,15-19,32H2,1-7H3,(H,33,35)/t23-,24+,25-,26-,27-,28-/m0/s1. The zero-order valence-corrected chi connectivity index (χ0v) is 25.7. The molecule has 0 bridgehead atoms. The van der Waals surface area contributed by atoms with E-state index in [1.165, 1.54) is 0 Å². The smallest absolute Gasteiger partial charge is 0.223 e. The second-order valence-corrected chi connectivity index (χ2v) is 11.8. The second-order valence-electron chi connectivity index (χ2n) is 11.8. The fourth-order valence-electron chi connectivity index (χ4n) is 5.23. The maximum absolute atomic E-state index is 13.2. The molecule has 0 aliphatic carbocycles. The fourth-order valence-corrected chi connectivity index (χ4v) is 5.23. The van der Waals surface area contributed by atoms with Crippen LogP contribution in [-0.4, -0.2) is 83.1 Å². The van der Waals surface area contributed by atoms with Crippen LogP contribution in [-0.2, 0) is 25.4 Å². The Morgan fingerprint density at radius 1 is 1.07 bits per heavy atom. The molecule has 1 saturated heterocycles. The Morgan fingerprint density at radius 2 is 1.82 bits per heavy atom. The van der Waals surface area contributed by atoms with Crippen molar-refractivity contribution in [2.75, 3.05) is 47.8 Å². The first kappa shape index (κ1) is 34.3. The van der Waals surface area contributed by atoms with Gasteiger partial charge in [0.25, 0.3) is 0 Å². The summed E-state index contributed by atoms with van der Waals surface area (Å²) in [6, 6.07) is 5.49. The summed E-state index contributed by atoms with van der Waals surface area (Å²) in [6.07, 6.45) is 2.47. The molecule has 1 amide bonds. The highest BCUT2D eigenvalue weighted by Gasteiger charge is 2.32. The average molecular weight is 567 g/mol. The molecule has 1 aromatic rings. The van der Waals surface area contributed by atoms with E-state index >= 15 is 0 Å². The molecule has 4 N–H and O–H groups in total. The van der Waals surface area contributed by atoms with Crippen molar-refractivity contribution in [3.05, 3.63) is 23.8 Å². The molecule has 9 nitrogen and oxygen atoms in total. The van der Waals surface area contributed by atoms with E-state index in [2.05, 4.69) is 25.2 Å². The van der Waals surface area contributed by atoms with Crippen molar-refractivity contribution in [1.29, 1.82) is 0 Å². The van der Waals surface area contributed by atoms with Crippen LogP contribution in [0.25, 0.3) is 0 Å². The molecule has 6 atom stereocenters. The minimum Gasteiger partial charge on any atom is -0.493 e. The summed E-state index contributed by atoms with van der Waals surface area (Å²) in [5, 5.41) is 14.2. The summed E-state index contributed by atoms with van der Waals surface area (Å²) in [5.41, 5.74) is 7.70. The predicted octanol–water partition coefficient (Wildman–Crippen LogP) is 3.59. The molecule has 2 rings (SSSR count). The Labute approximate surface area is 241 Å². The number of rotatable bonds is 18. The topological polar surface area (TPSA) is 122 Å². The molecule has 1 aromatic carbocycles. The van der Waals surface area contributed by atoms with Crippen molar-refractivity contribution in [1.82, 2.24) is 5.32 Å². The van der Waals surface area contributed by atoms with Crippen LogP contribution in [0, 0.1) is 23.7 Å². The summed E-state index contributed by atoms with van der Waals surface area (Å²) >= 11 is 0. The molecule has 1 fully saturated rings. The molecule has 1 aliphatic heterocycles. The van der Waals surface area contributed by atoms with Crippen molar-refractivity contribution in [3.8, 4) is 11.5 Å². The highest BCUT2D eigenvalue weighted by molar-refractivity contribution is 5.79. The van der Waals surface area contributed by atoms with Crippen LogP contribution in [0.4, 0.5) is 0 Å². The first-order valence-corrected chi connectivity index (χ1v) is 14.7. The first-order chi connectivity index (χ1) is 19.1. The number of nitrogens with two attached hydrogens (primary N) is 1. The van der Waals surface area contributed by atoms with Crippen LogP contribution >= 0.6 is 0 Å². The van der Waals surface area contributed by atoms with E-state index in [4.69, 9.17) is 29.4 Å². The van der Waals surface area contributed by atoms with Gasteiger partial charge in [-0.15, -0.1) is 0 Å². The molecule has 0 saturated carbocycles. The molecule has 1 heterocycles. The van der Waals surface area contributed by atoms with Crippen molar-refractivity contribution in [2.45, 2.75) is 84.1 Å². The third-order valence-electron chi connectivity index (χ3n) is 7.98. The minimum absolute atomic E-state index is 0.0208. The lowest BCUT2D eigenvalue weighted by molar-refractivity contribution is -0.130. The number of aliphatic hydroxyl groups excluding tert-OH is 1. The van der Waals surface area contributed by atoms with Gasteiger partial charge in [0, 0.05) is 39.2 Å². The highest BCUT2D eigenvalue weighted by atomic mass is 16.5. The summed E-state index contributed by atoms with van der Waals surface area (Å²) in [6.45, 7) is 10.6. The molecule has 0 aromatic heterocycles. The van der Waals surface area contributed by atoms with Gasteiger partial charge in [0.15, 0.2) is 11.5 Å². The van der Waals surface area contributed by atoms with Gasteiger partial charge < -0.3 is 39.8 Å². The zero-order valence-electron chi connectivity index (χ0n) is 25.7. The Morgan fingerprint density at radius 3 is 2.45 bits per heavy atom. The minimum atomic E-state index is -0.788. The number of carbonyl (C=O) groups excluding carboxylic acids is 1. The van der Waals surface area contributed by atoms with Gasteiger partial charge in [-0.1, -0.05) is 33.8 Å². The number of aliphatic hydroxyl groups is 1. The van der Waals surface area contributed by atoms with Crippen LogP contribution in [0.15, 0.2) is 18.2 Å². The molecule has 9 heteroatoms. The second kappa shape index (κ2) is 17.8. The summed E-state index contributed by atoms with van der Waals surface area (Å²) < 4.78 is 27.5. The van der Waals surface area contributed by atoms with E-state index in [9.17, 15) is 9.90 Å². The number of nitrogens with one attached hydrogen (secondary N) is 1. The van der Waals surface area contributed by atoms with Crippen LogP contribution < -0.4 is 20.5 Å². The Bertz CT molecular complexity index is 866. The van der Waals surface area contributed by atoms with E-state index < -0.39 is 12.1 Å². The maximum atomic E-state index is 13.2. The Balaban J connectivity index is 2.00. The quantitative estimate of drug-likeness (QED) is 0.231. The molecule has 0 radical (unpaired) electrons. The molecule has 0 unspecified atom stereocenters. The van der Waals surface area contributed by atoms with E-state index in [1.807, 2.05) is 26.0 Å². The van der Waals surface area contributed by atoms with E-state index in [1.54, 1.807) is 21.3 Å². The fraction of sp³-hybridized carbons (Fsp3) is 0.774. The molecular formula is C31H54N2O7. The number of ether oxygens (including phenoxy) is 5. The number of benzene rings is 1.